The first-order valence-electron chi connectivity index (χ1n) is 7.57. The van der Waals surface area contributed by atoms with Crippen molar-refractivity contribution in [2.75, 3.05) is 5.32 Å². The number of hydrogen-bond donors (Lipinski definition) is 1. The highest BCUT2D eigenvalue weighted by Gasteiger charge is 2.09. The summed E-state index contributed by atoms with van der Waals surface area (Å²) in [7, 11) is 0. The molecule has 0 aliphatic carbocycles. The monoisotopic (exact) mass is 381 g/mol. The maximum Gasteiger partial charge on any atom is 0.228 e. The van der Waals surface area contributed by atoms with Crippen LogP contribution in [0.5, 0.6) is 11.5 Å². The molecule has 0 aliphatic heterocycles. The van der Waals surface area contributed by atoms with Crippen LogP contribution in [0.1, 0.15) is 5.56 Å². The van der Waals surface area contributed by atoms with Gasteiger partial charge in [0.1, 0.15) is 5.75 Å². The van der Waals surface area contributed by atoms with Crippen molar-refractivity contribution in [3.63, 3.8) is 0 Å². The summed E-state index contributed by atoms with van der Waals surface area (Å²) in [6.07, 6.45) is 0.305. The number of carbonyl (C=O) groups is 1. The van der Waals surface area contributed by atoms with Gasteiger partial charge >= 0.3 is 0 Å². The summed E-state index contributed by atoms with van der Waals surface area (Å²) in [6.45, 7) is 0. The molecule has 3 nitrogen and oxygen atoms in total. The highest BCUT2D eigenvalue weighted by molar-refractivity contribution is 9.10. The fourth-order valence-corrected chi connectivity index (χ4v) is 2.75. The van der Waals surface area contributed by atoms with Crippen LogP contribution in [-0.2, 0) is 11.2 Å². The van der Waals surface area contributed by atoms with E-state index in [4.69, 9.17) is 4.74 Å². The van der Waals surface area contributed by atoms with Gasteiger partial charge in [-0.15, -0.1) is 0 Å². The van der Waals surface area contributed by atoms with Crippen molar-refractivity contribution in [1.82, 2.24) is 0 Å². The zero-order valence-corrected chi connectivity index (χ0v) is 14.5. The minimum atomic E-state index is -0.0859. The van der Waals surface area contributed by atoms with Gasteiger partial charge in [-0.25, -0.2) is 0 Å². The Morgan fingerprint density at radius 3 is 2.46 bits per heavy atom. The zero-order chi connectivity index (χ0) is 16.8. The summed E-state index contributed by atoms with van der Waals surface area (Å²) in [5, 5.41) is 2.92. The summed E-state index contributed by atoms with van der Waals surface area (Å²) in [6, 6.07) is 24.6. The molecule has 0 unspecified atom stereocenters. The lowest BCUT2D eigenvalue weighted by molar-refractivity contribution is -0.115. The minimum Gasteiger partial charge on any atom is -0.455 e. The Kier molecular flexibility index (Phi) is 5.29. The number of carbonyl (C=O) groups excluding carboxylic acids is 1. The number of benzene rings is 3. The number of hydrogen-bond acceptors (Lipinski definition) is 2. The molecule has 4 heteroatoms. The molecule has 3 aromatic rings. The molecule has 0 fully saturated rings. The van der Waals surface area contributed by atoms with Crippen LogP contribution in [0.2, 0.25) is 0 Å². The molecular formula is C20H16BrNO2. The number of ether oxygens (including phenoxy) is 1. The fraction of sp³-hybridized carbons (Fsp3) is 0.0500. The molecule has 0 atom stereocenters. The van der Waals surface area contributed by atoms with Crippen molar-refractivity contribution in [2.24, 2.45) is 0 Å². The molecule has 0 radical (unpaired) electrons. The van der Waals surface area contributed by atoms with Gasteiger partial charge in [0.2, 0.25) is 5.91 Å². The molecule has 0 saturated carbocycles. The third kappa shape index (κ3) is 4.46. The fourth-order valence-electron chi connectivity index (χ4n) is 2.30. The molecule has 0 spiro atoms. The van der Waals surface area contributed by atoms with Crippen LogP contribution in [0, 0.1) is 0 Å². The molecule has 3 aromatic carbocycles. The summed E-state index contributed by atoms with van der Waals surface area (Å²) in [4.78, 5) is 12.3. The highest BCUT2D eigenvalue weighted by Crippen LogP contribution is 2.29. The number of anilines is 1. The van der Waals surface area contributed by atoms with Crippen LogP contribution in [0.4, 0.5) is 5.69 Å². The van der Waals surface area contributed by atoms with Crippen molar-refractivity contribution in [3.05, 3.63) is 88.9 Å². The average Bonchev–Trinajstić information content (AvgIpc) is 2.57. The number of rotatable bonds is 5. The quantitative estimate of drug-likeness (QED) is 0.640. The molecule has 1 amide bonds. The van der Waals surface area contributed by atoms with Crippen molar-refractivity contribution in [3.8, 4) is 11.5 Å². The van der Waals surface area contributed by atoms with E-state index in [2.05, 4.69) is 21.2 Å². The van der Waals surface area contributed by atoms with Gasteiger partial charge in [-0.2, -0.15) is 0 Å². The van der Waals surface area contributed by atoms with E-state index in [0.29, 0.717) is 17.9 Å². The van der Waals surface area contributed by atoms with Crippen LogP contribution in [-0.4, -0.2) is 5.91 Å². The van der Waals surface area contributed by atoms with E-state index < -0.39 is 0 Å². The first-order valence-corrected chi connectivity index (χ1v) is 8.36. The molecule has 0 saturated heterocycles. The predicted molar refractivity (Wildman–Crippen MR) is 99.4 cm³/mol. The minimum absolute atomic E-state index is 0.0859. The molecule has 0 aromatic heterocycles. The van der Waals surface area contributed by atoms with E-state index in [9.17, 15) is 4.79 Å². The number of para-hydroxylation sites is 3. The van der Waals surface area contributed by atoms with Gasteiger partial charge < -0.3 is 10.1 Å². The SMILES string of the molecule is O=C(Cc1cccc(Br)c1)Nc1ccccc1Oc1ccccc1. The van der Waals surface area contributed by atoms with E-state index in [1.807, 2.05) is 78.9 Å². The Bertz CT molecular complexity index is 834. The van der Waals surface area contributed by atoms with Crippen molar-refractivity contribution >= 4 is 27.5 Å². The smallest absolute Gasteiger partial charge is 0.228 e. The van der Waals surface area contributed by atoms with Gasteiger partial charge in [-0.1, -0.05) is 58.4 Å². The Balaban J connectivity index is 1.72. The first-order chi connectivity index (χ1) is 11.7. The maximum atomic E-state index is 12.3. The normalized spacial score (nSPS) is 10.2. The first kappa shape index (κ1) is 16.3. The maximum absolute atomic E-state index is 12.3. The standard InChI is InChI=1S/C20H16BrNO2/c21-16-8-6-7-15(13-16)14-20(23)22-18-11-4-5-12-19(18)24-17-9-2-1-3-10-17/h1-13H,14H2,(H,22,23). The Morgan fingerprint density at radius 1 is 0.917 bits per heavy atom. The van der Waals surface area contributed by atoms with E-state index in [0.717, 1.165) is 15.8 Å². The summed E-state index contributed by atoms with van der Waals surface area (Å²) >= 11 is 3.42. The van der Waals surface area contributed by atoms with Gasteiger partial charge in [0.25, 0.3) is 0 Å². The van der Waals surface area contributed by atoms with Crippen molar-refractivity contribution in [1.29, 1.82) is 0 Å². The molecule has 0 bridgehead atoms. The Hall–Kier alpha value is -2.59. The van der Waals surface area contributed by atoms with Crippen LogP contribution >= 0.6 is 15.9 Å². The third-order valence-corrected chi connectivity index (χ3v) is 3.88. The molecule has 3 rings (SSSR count). The lowest BCUT2D eigenvalue weighted by atomic mass is 10.1. The van der Waals surface area contributed by atoms with Crippen molar-refractivity contribution < 1.29 is 9.53 Å². The van der Waals surface area contributed by atoms with Crippen LogP contribution < -0.4 is 10.1 Å². The van der Waals surface area contributed by atoms with Crippen LogP contribution in [0.3, 0.4) is 0 Å². The van der Waals surface area contributed by atoms with Gasteiger partial charge in [0.15, 0.2) is 5.75 Å². The lowest BCUT2D eigenvalue weighted by Gasteiger charge is -2.12. The summed E-state index contributed by atoms with van der Waals surface area (Å²) < 4.78 is 6.82. The van der Waals surface area contributed by atoms with E-state index in [1.54, 1.807) is 0 Å². The molecule has 120 valence electrons. The third-order valence-electron chi connectivity index (χ3n) is 3.39. The molecule has 1 N–H and O–H groups in total. The van der Waals surface area contributed by atoms with Gasteiger partial charge in [0, 0.05) is 4.47 Å². The second-order valence-corrected chi connectivity index (χ2v) is 6.18. The lowest BCUT2D eigenvalue weighted by Crippen LogP contribution is -2.14. The average molecular weight is 382 g/mol. The van der Waals surface area contributed by atoms with E-state index in [-0.39, 0.29) is 5.91 Å². The van der Waals surface area contributed by atoms with Gasteiger partial charge in [-0.05, 0) is 42.0 Å². The van der Waals surface area contributed by atoms with Gasteiger partial charge in [0.05, 0.1) is 12.1 Å². The highest BCUT2D eigenvalue weighted by atomic mass is 79.9. The largest absolute Gasteiger partial charge is 0.455 e. The van der Waals surface area contributed by atoms with Crippen LogP contribution in [0.25, 0.3) is 0 Å². The second-order valence-electron chi connectivity index (χ2n) is 5.27. The Morgan fingerprint density at radius 2 is 1.67 bits per heavy atom. The van der Waals surface area contributed by atoms with E-state index >= 15 is 0 Å². The summed E-state index contributed by atoms with van der Waals surface area (Å²) in [5.74, 6) is 1.26. The van der Waals surface area contributed by atoms with Crippen LogP contribution in [0.15, 0.2) is 83.3 Å². The summed E-state index contributed by atoms with van der Waals surface area (Å²) in [5.41, 5.74) is 1.60. The molecule has 0 heterocycles. The zero-order valence-electron chi connectivity index (χ0n) is 12.9. The molecule has 0 aliphatic rings. The van der Waals surface area contributed by atoms with Gasteiger partial charge in [-0.3, -0.25) is 4.79 Å². The molecule has 24 heavy (non-hydrogen) atoms. The predicted octanol–water partition coefficient (Wildman–Crippen LogP) is 5.42. The molecular weight excluding hydrogens is 366 g/mol. The second kappa shape index (κ2) is 7.79. The van der Waals surface area contributed by atoms with E-state index in [1.165, 1.54) is 0 Å². The topological polar surface area (TPSA) is 38.3 Å². The van der Waals surface area contributed by atoms with Crippen molar-refractivity contribution in [2.45, 2.75) is 6.42 Å². The Labute approximate surface area is 149 Å². The number of amides is 1. The number of nitrogens with one attached hydrogen (secondary N) is 1. The number of halogens is 1.